The third kappa shape index (κ3) is 37.7. The molecule has 2 N–H and O–H groups in total. The zero-order valence-electron chi connectivity index (χ0n) is 21.4. The first kappa shape index (κ1) is 33.3. The van der Waals surface area contributed by atoms with Crippen molar-refractivity contribution in [1.82, 2.24) is 0 Å². The minimum atomic E-state index is -4.24. The maximum Gasteiger partial charge on any atom is 0.469 e. The van der Waals surface area contributed by atoms with Crippen LogP contribution in [0.4, 0.5) is 0 Å². The van der Waals surface area contributed by atoms with Gasteiger partial charge in [0.15, 0.2) is 0 Å². The Morgan fingerprint density at radius 2 is 0.677 bits per heavy atom. The van der Waals surface area contributed by atoms with Crippen molar-refractivity contribution in [3.05, 3.63) is 0 Å². The Morgan fingerprint density at radius 1 is 0.452 bits per heavy atom. The molecular formula is C26H57O4P. The Kier molecular flexibility index (Phi) is 30.2. The summed E-state index contributed by atoms with van der Waals surface area (Å²) in [5, 5.41) is 0. The number of hydrogen-bond donors (Lipinski definition) is 2. The van der Waals surface area contributed by atoms with E-state index < -0.39 is 7.82 Å². The van der Waals surface area contributed by atoms with Crippen LogP contribution >= 0.6 is 7.82 Å². The Balaban J connectivity index is 0. The van der Waals surface area contributed by atoms with Gasteiger partial charge < -0.3 is 9.79 Å². The number of rotatable bonds is 23. The number of phosphoric acid groups is 1. The van der Waals surface area contributed by atoms with Crippen molar-refractivity contribution < 1.29 is 18.9 Å². The van der Waals surface area contributed by atoms with E-state index in [1.165, 1.54) is 122 Å². The molecule has 5 heteroatoms. The summed E-state index contributed by atoms with van der Waals surface area (Å²) in [6.45, 7) is 6.94. The third-order valence-corrected chi connectivity index (χ3v) is 6.23. The summed E-state index contributed by atoms with van der Waals surface area (Å²) in [4.78, 5) is 16.8. The van der Waals surface area contributed by atoms with Gasteiger partial charge in [-0.3, -0.25) is 4.52 Å². The average molecular weight is 465 g/mol. The molecule has 0 aliphatic rings. The van der Waals surface area contributed by atoms with Gasteiger partial charge in [-0.15, -0.1) is 0 Å². The molecule has 0 heterocycles. The van der Waals surface area contributed by atoms with E-state index in [9.17, 15) is 4.57 Å². The fourth-order valence-corrected chi connectivity index (χ4v) is 4.05. The van der Waals surface area contributed by atoms with E-state index in [2.05, 4.69) is 25.3 Å². The van der Waals surface area contributed by atoms with E-state index in [-0.39, 0.29) is 6.61 Å². The van der Waals surface area contributed by atoms with Crippen LogP contribution < -0.4 is 0 Å². The molecule has 0 atom stereocenters. The lowest BCUT2D eigenvalue weighted by Gasteiger charge is -2.04. The largest absolute Gasteiger partial charge is 0.469 e. The van der Waals surface area contributed by atoms with E-state index in [0.29, 0.717) is 0 Å². The monoisotopic (exact) mass is 464 g/mol. The van der Waals surface area contributed by atoms with Crippen LogP contribution in [0.15, 0.2) is 0 Å². The SMILES string of the molecule is CCCCCCCCCCCCCCCC.CCCCCCCCCCOP(=O)(O)O. The first-order chi connectivity index (χ1) is 15.0. The van der Waals surface area contributed by atoms with E-state index in [1.807, 2.05) is 0 Å². The maximum absolute atomic E-state index is 10.3. The summed E-state index contributed by atoms with van der Waals surface area (Å²) >= 11 is 0. The Labute approximate surface area is 195 Å². The highest BCUT2D eigenvalue weighted by Crippen LogP contribution is 2.35. The van der Waals surface area contributed by atoms with Gasteiger partial charge in [0.2, 0.25) is 0 Å². The third-order valence-electron chi connectivity index (χ3n) is 5.71. The quantitative estimate of drug-likeness (QED) is 0.117. The van der Waals surface area contributed by atoms with Crippen LogP contribution in [0.3, 0.4) is 0 Å². The standard InChI is InChI=1S/C16H34.C10H23O4P/c1-3-5-7-9-11-13-15-16-14-12-10-8-6-4-2;1-2-3-4-5-6-7-8-9-10-14-15(11,12)13/h3-16H2,1-2H3;2-10H2,1H3,(H2,11,12,13). The number of hydrogen-bond acceptors (Lipinski definition) is 2. The smallest absolute Gasteiger partial charge is 0.303 e. The van der Waals surface area contributed by atoms with Crippen LogP contribution in [0, 0.1) is 0 Å². The molecule has 0 radical (unpaired) electrons. The minimum Gasteiger partial charge on any atom is -0.303 e. The molecule has 0 unspecified atom stereocenters. The van der Waals surface area contributed by atoms with Gasteiger partial charge in [-0.2, -0.15) is 0 Å². The summed E-state index contributed by atoms with van der Waals surface area (Å²) in [5.41, 5.74) is 0. The average Bonchev–Trinajstić information content (AvgIpc) is 2.73. The minimum absolute atomic E-state index is 0.166. The first-order valence-electron chi connectivity index (χ1n) is 13.7. The molecule has 0 aromatic heterocycles. The fraction of sp³-hybridized carbons (Fsp3) is 1.00. The van der Waals surface area contributed by atoms with E-state index >= 15 is 0 Å². The van der Waals surface area contributed by atoms with E-state index in [4.69, 9.17) is 9.79 Å². The van der Waals surface area contributed by atoms with Gasteiger partial charge in [0.25, 0.3) is 0 Å². The van der Waals surface area contributed by atoms with Crippen LogP contribution in [0.25, 0.3) is 0 Å². The Hall–Kier alpha value is 0.110. The summed E-state index contributed by atoms with van der Waals surface area (Å²) in [6, 6.07) is 0. The fourth-order valence-electron chi connectivity index (χ4n) is 3.69. The topological polar surface area (TPSA) is 66.8 Å². The van der Waals surface area contributed by atoms with Gasteiger partial charge in [-0.25, -0.2) is 4.57 Å². The van der Waals surface area contributed by atoms with Gasteiger partial charge >= 0.3 is 7.82 Å². The second-order valence-corrected chi connectivity index (χ2v) is 10.3. The number of unbranched alkanes of at least 4 members (excludes halogenated alkanes) is 20. The van der Waals surface area contributed by atoms with Crippen molar-refractivity contribution in [3.63, 3.8) is 0 Å². The zero-order valence-corrected chi connectivity index (χ0v) is 22.3. The van der Waals surface area contributed by atoms with Crippen molar-refractivity contribution in [2.75, 3.05) is 6.61 Å². The summed E-state index contributed by atoms with van der Waals surface area (Å²) < 4.78 is 14.7. The van der Waals surface area contributed by atoms with Crippen LogP contribution in [0.1, 0.15) is 162 Å². The van der Waals surface area contributed by atoms with Crippen molar-refractivity contribution in [2.45, 2.75) is 162 Å². The molecule has 0 rings (SSSR count). The highest BCUT2D eigenvalue weighted by Gasteiger charge is 2.12. The molecule has 0 fully saturated rings. The van der Waals surface area contributed by atoms with Gasteiger partial charge in [0.05, 0.1) is 6.61 Å². The molecule has 0 aromatic carbocycles. The van der Waals surface area contributed by atoms with Crippen molar-refractivity contribution in [2.24, 2.45) is 0 Å². The van der Waals surface area contributed by atoms with Crippen molar-refractivity contribution in [1.29, 1.82) is 0 Å². The number of phosphoric ester groups is 1. The zero-order chi connectivity index (χ0) is 23.5. The predicted molar refractivity (Wildman–Crippen MR) is 137 cm³/mol. The Morgan fingerprint density at radius 3 is 0.903 bits per heavy atom. The molecular weight excluding hydrogens is 407 g/mol. The maximum atomic E-state index is 10.3. The molecule has 0 aliphatic heterocycles. The highest BCUT2D eigenvalue weighted by atomic mass is 31.2. The van der Waals surface area contributed by atoms with Gasteiger partial charge in [0, 0.05) is 0 Å². The molecule has 0 aromatic rings. The molecule has 0 aliphatic carbocycles. The van der Waals surface area contributed by atoms with Crippen LogP contribution in [-0.2, 0) is 9.09 Å². The first-order valence-corrected chi connectivity index (χ1v) is 15.2. The predicted octanol–water partition coefficient (Wildman–Crippen LogP) is 9.72. The van der Waals surface area contributed by atoms with Crippen LogP contribution in [-0.4, -0.2) is 16.4 Å². The highest BCUT2D eigenvalue weighted by molar-refractivity contribution is 7.46. The molecule has 0 saturated carbocycles. The van der Waals surface area contributed by atoms with Crippen LogP contribution in [0.2, 0.25) is 0 Å². The molecule has 31 heavy (non-hydrogen) atoms. The summed E-state index contributed by atoms with van der Waals surface area (Å²) in [6.07, 6.45) is 29.6. The van der Waals surface area contributed by atoms with Crippen LogP contribution in [0.5, 0.6) is 0 Å². The lowest BCUT2D eigenvalue weighted by atomic mass is 10.0. The van der Waals surface area contributed by atoms with Gasteiger partial charge in [-0.1, -0.05) is 156 Å². The molecule has 0 bridgehead atoms. The van der Waals surface area contributed by atoms with E-state index in [1.54, 1.807) is 0 Å². The van der Waals surface area contributed by atoms with Crippen molar-refractivity contribution in [3.8, 4) is 0 Å². The Bertz CT molecular complexity index is 343. The normalized spacial score (nSPS) is 11.4. The molecule has 0 saturated heterocycles. The second kappa shape index (κ2) is 28.1. The van der Waals surface area contributed by atoms with E-state index in [0.717, 1.165) is 19.3 Å². The summed E-state index contributed by atoms with van der Waals surface area (Å²) in [7, 11) is -4.24. The molecule has 0 amide bonds. The molecule has 4 nitrogen and oxygen atoms in total. The molecule has 0 spiro atoms. The van der Waals surface area contributed by atoms with Gasteiger partial charge in [-0.05, 0) is 6.42 Å². The lowest BCUT2D eigenvalue weighted by molar-refractivity contribution is 0.193. The summed E-state index contributed by atoms with van der Waals surface area (Å²) in [5.74, 6) is 0. The van der Waals surface area contributed by atoms with Gasteiger partial charge in [0.1, 0.15) is 0 Å². The van der Waals surface area contributed by atoms with Crippen molar-refractivity contribution >= 4 is 7.82 Å². The molecule has 190 valence electrons. The lowest BCUT2D eigenvalue weighted by Crippen LogP contribution is -1.92. The second-order valence-electron chi connectivity index (χ2n) is 9.04.